The largest absolute Gasteiger partial charge is 2.00 e. The molecular formula is C4H3NO3Zn. The van der Waals surface area contributed by atoms with Gasteiger partial charge in [0, 0.05) is 12.2 Å². The summed E-state index contributed by atoms with van der Waals surface area (Å²) in [6.07, 6.45) is 2.39. The SMILES string of the molecule is O=C1C=CC(=O)N1.[O-2].[Zn+2]. The molecule has 5 heteroatoms. The van der Waals surface area contributed by atoms with Gasteiger partial charge < -0.3 is 5.48 Å². The average Bonchev–Trinajstić information content (AvgIpc) is 1.87. The zero-order chi connectivity index (χ0) is 5.28. The molecule has 0 radical (unpaired) electrons. The quantitative estimate of drug-likeness (QED) is 0.385. The van der Waals surface area contributed by atoms with Gasteiger partial charge in [0.05, 0.1) is 0 Å². The molecule has 0 atom stereocenters. The van der Waals surface area contributed by atoms with Crippen molar-refractivity contribution in [2.24, 2.45) is 0 Å². The number of imide groups is 1. The van der Waals surface area contributed by atoms with Gasteiger partial charge in [-0.3, -0.25) is 14.9 Å². The van der Waals surface area contributed by atoms with E-state index in [-0.39, 0.29) is 36.8 Å². The van der Waals surface area contributed by atoms with Crippen molar-refractivity contribution in [1.82, 2.24) is 5.32 Å². The minimum atomic E-state index is -0.329. The van der Waals surface area contributed by atoms with Crippen LogP contribution in [0.5, 0.6) is 0 Å². The number of hydrogen-bond acceptors (Lipinski definition) is 2. The van der Waals surface area contributed by atoms with Crippen LogP contribution in [0.1, 0.15) is 0 Å². The molecule has 0 bridgehead atoms. The molecule has 0 aromatic heterocycles. The fourth-order valence-corrected chi connectivity index (χ4v) is 0.356. The third-order valence-electron chi connectivity index (χ3n) is 0.632. The van der Waals surface area contributed by atoms with E-state index >= 15 is 0 Å². The molecule has 9 heavy (non-hydrogen) atoms. The van der Waals surface area contributed by atoms with Crippen molar-refractivity contribution in [3.05, 3.63) is 12.2 Å². The predicted molar refractivity (Wildman–Crippen MR) is 23.0 cm³/mol. The van der Waals surface area contributed by atoms with Crippen LogP contribution in [-0.4, -0.2) is 11.8 Å². The fraction of sp³-hybridized carbons (Fsp3) is 0. The Kier molecular flexibility index (Phi) is 5.46. The summed E-state index contributed by atoms with van der Waals surface area (Å²) < 4.78 is 0. The molecule has 44 valence electrons. The van der Waals surface area contributed by atoms with Gasteiger partial charge in [-0.1, -0.05) is 0 Å². The smallest absolute Gasteiger partial charge is 2.00 e. The first-order valence-electron chi connectivity index (χ1n) is 1.82. The van der Waals surface area contributed by atoms with E-state index in [9.17, 15) is 9.59 Å². The topological polar surface area (TPSA) is 74.7 Å². The molecule has 1 N–H and O–H groups in total. The Morgan fingerprint density at radius 2 is 1.44 bits per heavy atom. The normalized spacial score (nSPS) is 13.8. The minimum Gasteiger partial charge on any atom is -2.00 e. The summed E-state index contributed by atoms with van der Waals surface area (Å²) in [5.41, 5.74) is 0. The molecular weight excluding hydrogens is 175 g/mol. The van der Waals surface area contributed by atoms with Crippen LogP contribution in [0.3, 0.4) is 0 Å². The summed E-state index contributed by atoms with van der Waals surface area (Å²) in [7, 11) is 0. The molecule has 0 saturated heterocycles. The first kappa shape index (κ1) is 11.3. The molecule has 0 spiro atoms. The molecule has 1 rings (SSSR count). The van der Waals surface area contributed by atoms with Gasteiger partial charge in [0.25, 0.3) is 11.8 Å². The zero-order valence-electron chi connectivity index (χ0n) is 4.59. The van der Waals surface area contributed by atoms with Gasteiger partial charge in [-0.15, -0.1) is 0 Å². The van der Waals surface area contributed by atoms with Gasteiger partial charge in [0.15, 0.2) is 0 Å². The van der Waals surface area contributed by atoms with Crippen molar-refractivity contribution in [1.29, 1.82) is 0 Å². The summed E-state index contributed by atoms with van der Waals surface area (Å²) in [5, 5.41) is 2.03. The van der Waals surface area contributed by atoms with Crippen LogP contribution in [0.2, 0.25) is 0 Å². The summed E-state index contributed by atoms with van der Waals surface area (Å²) in [6, 6.07) is 0. The van der Waals surface area contributed by atoms with E-state index in [1.165, 1.54) is 12.2 Å². The molecule has 0 saturated carbocycles. The number of carbonyl (C=O) groups is 2. The number of hydrogen-bond donors (Lipinski definition) is 1. The molecule has 0 unspecified atom stereocenters. The fourth-order valence-electron chi connectivity index (χ4n) is 0.356. The van der Waals surface area contributed by atoms with E-state index in [1.54, 1.807) is 0 Å². The summed E-state index contributed by atoms with van der Waals surface area (Å²) in [4.78, 5) is 20.1. The minimum absolute atomic E-state index is 0. The second-order valence-electron chi connectivity index (χ2n) is 1.19. The van der Waals surface area contributed by atoms with E-state index in [2.05, 4.69) is 0 Å². The summed E-state index contributed by atoms with van der Waals surface area (Å²) >= 11 is 0. The summed E-state index contributed by atoms with van der Waals surface area (Å²) in [6.45, 7) is 0. The van der Waals surface area contributed by atoms with Crippen molar-refractivity contribution in [2.45, 2.75) is 0 Å². The molecule has 2 amide bonds. The van der Waals surface area contributed by atoms with E-state index in [4.69, 9.17) is 0 Å². The van der Waals surface area contributed by atoms with Gasteiger partial charge in [-0.25, -0.2) is 0 Å². The Labute approximate surface area is 64.4 Å². The third kappa shape index (κ3) is 3.11. The maximum Gasteiger partial charge on any atom is 2.00 e. The van der Waals surface area contributed by atoms with Crippen LogP contribution >= 0.6 is 0 Å². The van der Waals surface area contributed by atoms with Crippen molar-refractivity contribution in [3.8, 4) is 0 Å². The van der Waals surface area contributed by atoms with Gasteiger partial charge >= 0.3 is 19.5 Å². The maximum atomic E-state index is 10.0. The monoisotopic (exact) mass is 177 g/mol. The van der Waals surface area contributed by atoms with Gasteiger partial charge in [-0.2, -0.15) is 0 Å². The Morgan fingerprint density at radius 3 is 1.56 bits per heavy atom. The Balaban J connectivity index is 0. The summed E-state index contributed by atoms with van der Waals surface area (Å²) in [5.74, 6) is -0.657. The molecule has 1 aliphatic rings. The Morgan fingerprint density at radius 1 is 1.11 bits per heavy atom. The van der Waals surface area contributed by atoms with Crippen LogP contribution in [0.25, 0.3) is 0 Å². The van der Waals surface area contributed by atoms with Crippen molar-refractivity contribution in [3.63, 3.8) is 0 Å². The second kappa shape index (κ2) is 4.35. The van der Waals surface area contributed by atoms with Gasteiger partial charge in [-0.05, 0) is 0 Å². The Bertz CT molecular complexity index is 138. The predicted octanol–water partition coefficient (Wildman–Crippen LogP) is -0.922. The molecule has 0 fully saturated rings. The maximum absolute atomic E-state index is 10.0. The number of nitrogens with one attached hydrogen (secondary N) is 1. The second-order valence-corrected chi connectivity index (χ2v) is 1.19. The van der Waals surface area contributed by atoms with E-state index < -0.39 is 0 Å². The molecule has 0 aliphatic carbocycles. The number of rotatable bonds is 0. The Hall–Kier alpha value is -0.537. The van der Waals surface area contributed by atoms with Gasteiger partial charge in [0.1, 0.15) is 0 Å². The number of amides is 2. The van der Waals surface area contributed by atoms with E-state index in [0.29, 0.717) is 0 Å². The molecule has 0 aromatic rings. The van der Waals surface area contributed by atoms with Crippen molar-refractivity contribution in [2.75, 3.05) is 0 Å². The van der Waals surface area contributed by atoms with Crippen molar-refractivity contribution >= 4 is 11.8 Å². The molecule has 1 aliphatic heterocycles. The van der Waals surface area contributed by atoms with Crippen molar-refractivity contribution < 1.29 is 34.5 Å². The average molecular weight is 178 g/mol. The third-order valence-corrected chi connectivity index (χ3v) is 0.632. The number of carbonyl (C=O) groups excluding carboxylic acids is 2. The van der Waals surface area contributed by atoms with E-state index in [0.717, 1.165) is 0 Å². The zero-order valence-corrected chi connectivity index (χ0v) is 7.55. The van der Waals surface area contributed by atoms with Crippen LogP contribution < -0.4 is 5.32 Å². The van der Waals surface area contributed by atoms with E-state index in [1.807, 2.05) is 5.32 Å². The van der Waals surface area contributed by atoms with Crippen LogP contribution in [-0.2, 0) is 34.5 Å². The van der Waals surface area contributed by atoms with Gasteiger partial charge in [0.2, 0.25) is 0 Å². The molecule has 4 nitrogen and oxygen atoms in total. The molecule has 0 aromatic carbocycles. The van der Waals surface area contributed by atoms with Crippen LogP contribution in [0, 0.1) is 0 Å². The molecule has 1 heterocycles. The van der Waals surface area contributed by atoms with Crippen LogP contribution in [0.15, 0.2) is 12.2 Å². The van der Waals surface area contributed by atoms with Crippen LogP contribution in [0.4, 0.5) is 0 Å². The first-order valence-corrected chi connectivity index (χ1v) is 1.82. The first-order chi connectivity index (χ1) is 3.29. The standard InChI is InChI=1S/C4H3NO2.O.Zn/c6-3-1-2-4(7)5-3;;/h1-2H,(H,5,6,7);;/q;-2;+2.